The second-order valence-corrected chi connectivity index (χ2v) is 7.00. The summed E-state index contributed by atoms with van der Waals surface area (Å²) >= 11 is 0. The summed E-state index contributed by atoms with van der Waals surface area (Å²) in [6.07, 6.45) is 1.14. The average Bonchev–Trinajstić information content (AvgIpc) is 2.95. The van der Waals surface area contributed by atoms with Crippen LogP contribution in [0.2, 0.25) is 0 Å². The van der Waals surface area contributed by atoms with Crippen molar-refractivity contribution in [3.63, 3.8) is 0 Å². The van der Waals surface area contributed by atoms with E-state index in [1.54, 1.807) is 0 Å². The van der Waals surface area contributed by atoms with Crippen molar-refractivity contribution in [2.75, 3.05) is 45.9 Å². The number of likely N-dealkylation sites (tertiary alicyclic amines) is 1. The molecule has 1 aliphatic heterocycles. The summed E-state index contributed by atoms with van der Waals surface area (Å²) in [5, 5.41) is 6.28. The highest BCUT2D eigenvalue weighted by atomic mass is 127. The lowest BCUT2D eigenvalue weighted by Crippen LogP contribution is -2.41. The van der Waals surface area contributed by atoms with Crippen LogP contribution in [-0.4, -0.2) is 62.7 Å². The Kier molecular flexibility index (Phi) is 11.6. The Hall–Kier alpha value is -0.570. The molecule has 1 aliphatic rings. The van der Waals surface area contributed by atoms with E-state index in [2.05, 4.69) is 27.4 Å². The molecule has 142 valence electrons. The molecule has 1 fully saturated rings. The van der Waals surface area contributed by atoms with E-state index < -0.39 is 0 Å². The Morgan fingerprint density at radius 3 is 2.58 bits per heavy atom. The molecular weight excluding hydrogens is 419 g/mol. The highest BCUT2D eigenvalue weighted by molar-refractivity contribution is 14.0. The first-order valence-corrected chi connectivity index (χ1v) is 8.77. The molecule has 0 aromatic rings. The van der Waals surface area contributed by atoms with Crippen molar-refractivity contribution in [3.05, 3.63) is 0 Å². The van der Waals surface area contributed by atoms with Gasteiger partial charge in [-0.15, -0.1) is 24.0 Å². The van der Waals surface area contributed by atoms with Crippen LogP contribution in [0.5, 0.6) is 0 Å². The third-order valence-corrected chi connectivity index (χ3v) is 3.82. The van der Waals surface area contributed by atoms with Crippen molar-refractivity contribution >= 4 is 35.8 Å². The molecule has 1 saturated heterocycles. The molecule has 2 N–H and O–H groups in total. The van der Waals surface area contributed by atoms with Crippen LogP contribution >= 0.6 is 24.0 Å². The van der Waals surface area contributed by atoms with E-state index in [9.17, 15) is 4.79 Å². The lowest BCUT2D eigenvalue weighted by Gasteiger charge is -2.22. The molecule has 0 bridgehead atoms. The van der Waals surface area contributed by atoms with E-state index >= 15 is 0 Å². The molecule has 1 amide bonds. The minimum atomic E-state index is -0.352. The van der Waals surface area contributed by atoms with Gasteiger partial charge in [0, 0.05) is 44.1 Å². The number of guanidine groups is 1. The second kappa shape index (κ2) is 11.9. The SMILES string of the molecule is CCNC(=NCCNC(=O)C(C)(C)C)N1CCC(COCC)C1.I. The Bertz CT molecular complexity index is 397. The first-order valence-electron chi connectivity index (χ1n) is 8.77. The summed E-state index contributed by atoms with van der Waals surface area (Å²) in [5.74, 6) is 1.59. The molecule has 0 aliphatic carbocycles. The van der Waals surface area contributed by atoms with Gasteiger partial charge >= 0.3 is 0 Å². The number of hydrogen-bond donors (Lipinski definition) is 2. The number of aliphatic imine (C=N–C) groups is 1. The molecule has 0 spiro atoms. The van der Waals surface area contributed by atoms with Crippen LogP contribution < -0.4 is 10.6 Å². The molecule has 24 heavy (non-hydrogen) atoms. The van der Waals surface area contributed by atoms with E-state index in [0.717, 1.165) is 45.2 Å². The zero-order chi connectivity index (χ0) is 17.3. The fourth-order valence-electron chi connectivity index (χ4n) is 2.47. The largest absolute Gasteiger partial charge is 0.381 e. The zero-order valence-electron chi connectivity index (χ0n) is 15.9. The molecule has 7 heteroatoms. The zero-order valence-corrected chi connectivity index (χ0v) is 18.2. The molecule has 1 unspecified atom stereocenters. The lowest BCUT2D eigenvalue weighted by atomic mass is 9.96. The highest BCUT2D eigenvalue weighted by Crippen LogP contribution is 2.16. The van der Waals surface area contributed by atoms with Gasteiger partial charge in [0.1, 0.15) is 0 Å². The maximum atomic E-state index is 11.8. The first kappa shape index (κ1) is 23.4. The minimum absolute atomic E-state index is 0. The number of rotatable bonds is 7. The molecule has 1 rings (SSSR count). The van der Waals surface area contributed by atoms with Gasteiger partial charge in [0.25, 0.3) is 0 Å². The van der Waals surface area contributed by atoms with Crippen LogP contribution in [0.15, 0.2) is 4.99 Å². The van der Waals surface area contributed by atoms with Crippen LogP contribution in [0.4, 0.5) is 0 Å². The molecule has 1 heterocycles. The first-order chi connectivity index (χ1) is 10.9. The van der Waals surface area contributed by atoms with E-state index in [1.807, 2.05) is 27.7 Å². The van der Waals surface area contributed by atoms with Gasteiger partial charge in [0.05, 0.1) is 13.2 Å². The van der Waals surface area contributed by atoms with Crippen molar-refractivity contribution in [1.82, 2.24) is 15.5 Å². The van der Waals surface area contributed by atoms with Gasteiger partial charge in [-0.25, -0.2) is 0 Å². The number of hydrogen-bond acceptors (Lipinski definition) is 3. The Morgan fingerprint density at radius 1 is 1.29 bits per heavy atom. The molecule has 0 aromatic carbocycles. The van der Waals surface area contributed by atoms with Crippen molar-refractivity contribution in [2.24, 2.45) is 16.3 Å². The van der Waals surface area contributed by atoms with Gasteiger partial charge in [0.2, 0.25) is 5.91 Å². The summed E-state index contributed by atoms with van der Waals surface area (Å²) in [4.78, 5) is 18.8. The van der Waals surface area contributed by atoms with Gasteiger partial charge in [-0.05, 0) is 20.3 Å². The van der Waals surface area contributed by atoms with E-state index in [0.29, 0.717) is 19.0 Å². The lowest BCUT2D eigenvalue weighted by molar-refractivity contribution is -0.128. The standard InChI is InChI=1S/C17H34N4O2.HI/c1-6-18-16(20-10-9-19-15(22)17(3,4)5)21-11-8-14(12-21)13-23-7-2;/h14H,6-13H2,1-5H3,(H,18,20)(H,19,22);1H. The van der Waals surface area contributed by atoms with Crippen LogP contribution in [0, 0.1) is 11.3 Å². The normalized spacial score (nSPS) is 18.3. The van der Waals surface area contributed by atoms with Gasteiger partial charge in [-0.1, -0.05) is 20.8 Å². The minimum Gasteiger partial charge on any atom is -0.381 e. The quantitative estimate of drug-likeness (QED) is 0.268. The molecular formula is C17H35IN4O2. The maximum Gasteiger partial charge on any atom is 0.225 e. The highest BCUT2D eigenvalue weighted by Gasteiger charge is 2.25. The monoisotopic (exact) mass is 454 g/mol. The summed E-state index contributed by atoms with van der Waals surface area (Å²) in [7, 11) is 0. The van der Waals surface area contributed by atoms with Crippen LogP contribution in [0.25, 0.3) is 0 Å². The summed E-state index contributed by atoms with van der Waals surface area (Å²) in [5.41, 5.74) is -0.352. The number of halogens is 1. The Morgan fingerprint density at radius 2 is 2.00 bits per heavy atom. The smallest absolute Gasteiger partial charge is 0.225 e. The average molecular weight is 454 g/mol. The van der Waals surface area contributed by atoms with Crippen molar-refractivity contribution in [3.8, 4) is 0 Å². The number of nitrogens with one attached hydrogen (secondary N) is 2. The number of carbonyl (C=O) groups is 1. The number of amides is 1. The van der Waals surface area contributed by atoms with Crippen LogP contribution in [0.3, 0.4) is 0 Å². The van der Waals surface area contributed by atoms with Gasteiger partial charge in [0.15, 0.2) is 5.96 Å². The number of carbonyl (C=O) groups excluding carboxylic acids is 1. The second-order valence-electron chi connectivity index (χ2n) is 7.00. The Labute approximate surface area is 164 Å². The molecule has 0 radical (unpaired) electrons. The third-order valence-electron chi connectivity index (χ3n) is 3.82. The van der Waals surface area contributed by atoms with Gasteiger partial charge in [-0.2, -0.15) is 0 Å². The van der Waals surface area contributed by atoms with Gasteiger partial charge < -0.3 is 20.3 Å². The van der Waals surface area contributed by atoms with E-state index in [4.69, 9.17) is 4.74 Å². The summed E-state index contributed by atoms with van der Waals surface area (Å²) < 4.78 is 5.53. The van der Waals surface area contributed by atoms with E-state index in [-0.39, 0.29) is 35.3 Å². The molecule has 0 saturated carbocycles. The molecule has 0 aromatic heterocycles. The van der Waals surface area contributed by atoms with Gasteiger partial charge in [-0.3, -0.25) is 9.79 Å². The van der Waals surface area contributed by atoms with Crippen molar-refractivity contribution in [2.45, 2.75) is 41.0 Å². The maximum absolute atomic E-state index is 11.8. The molecule has 6 nitrogen and oxygen atoms in total. The molecule has 1 atom stereocenters. The van der Waals surface area contributed by atoms with E-state index in [1.165, 1.54) is 0 Å². The summed E-state index contributed by atoms with van der Waals surface area (Å²) in [6.45, 7) is 15.5. The predicted octanol–water partition coefficient (Wildman–Crippen LogP) is 2.09. The number of ether oxygens (including phenoxy) is 1. The van der Waals surface area contributed by atoms with Crippen molar-refractivity contribution in [1.29, 1.82) is 0 Å². The fourth-order valence-corrected chi connectivity index (χ4v) is 2.47. The topological polar surface area (TPSA) is 66.0 Å². The third kappa shape index (κ3) is 8.50. The van der Waals surface area contributed by atoms with Crippen molar-refractivity contribution < 1.29 is 9.53 Å². The van der Waals surface area contributed by atoms with Crippen LogP contribution in [-0.2, 0) is 9.53 Å². The van der Waals surface area contributed by atoms with Crippen LogP contribution in [0.1, 0.15) is 41.0 Å². The number of nitrogens with zero attached hydrogens (tertiary/aromatic N) is 2. The fraction of sp³-hybridized carbons (Fsp3) is 0.882. The Balaban J connectivity index is 0.00000529. The predicted molar refractivity (Wildman–Crippen MR) is 110 cm³/mol. The summed E-state index contributed by atoms with van der Waals surface area (Å²) in [6, 6.07) is 0.